The largest absolute Gasteiger partial charge is 0.383 e. The highest BCUT2D eigenvalue weighted by Crippen LogP contribution is 2.23. The number of fused-ring (bicyclic) bond motifs is 1. The predicted molar refractivity (Wildman–Crippen MR) is 95.3 cm³/mol. The van der Waals surface area contributed by atoms with Crippen LogP contribution < -0.4 is 5.73 Å². The van der Waals surface area contributed by atoms with Gasteiger partial charge in [0.25, 0.3) is 0 Å². The number of benzene rings is 1. The van der Waals surface area contributed by atoms with Gasteiger partial charge in [0.05, 0.1) is 18.1 Å². The van der Waals surface area contributed by atoms with E-state index in [0.717, 1.165) is 43.4 Å². The van der Waals surface area contributed by atoms with Crippen LogP contribution in [0.5, 0.6) is 0 Å². The van der Waals surface area contributed by atoms with Gasteiger partial charge in [-0.1, -0.05) is 12.1 Å². The van der Waals surface area contributed by atoms with Crippen molar-refractivity contribution in [2.75, 3.05) is 25.4 Å². The summed E-state index contributed by atoms with van der Waals surface area (Å²) in [5.41, 5.74) is 6.92. The van der Waals surface area contributed by atoms with Gasteiger partial charge in [-0.2, -0.15) is 0 Å². The standard InChI is InChI=1S/C18H25N5O/c1-3-22(4-2)18(24)15-10-7-11-23(15)12-16-20-14-9-6-5-8-13(14)17(19)21-16/h5-6,8-9,15H,3-4,7,10-12H2,1-2H3,(H2,19,20,21)/t15-/m0/s1. The van der Waals surface area contributed by atoms with E-state index < -0.39 is 0 Å². The zero-order chi connectivity index (χ0) is 17.1. The molecule has 0 unspecified atom stereocenters. The van der Waals surface area contributed by atoms with Crippen molar-refractivity contribution in [2.45, 2.75) is 39.3 Å². The summed E-state index contributed by atoms with van der Waals surface area (Å²) in [4.78, 5) is 25.9. The molecule has 1 aromatic carbocycles. The second-order valence-electron chi connectivity index (χ2n) is 6.18. The van der Waals surface area contributed by atoms with Gasteiger partial charge < -0.3 is 10.6 Å². The number of amides is 1. The molecule has 1 amide bonds. The van der Waals surface area contributed by atoms with Crippen molar-refractivity contribution in [3.63, 3.8) is 0 Å². The van der Waals surface area contributed by atoms with E-state index in [0.29, 0.717) is 18.2 Å². The molecule has 0 bridgehead atoms. The first-order valence-electron chi connectivity index (χ1n) is 8.68. The topological polar surface area (TPSA) is 75.4 Å². The van der Waals surface area contributed by atoms with E-state index in [1.54, 1.807) is 0 Å². The van der Waals surface area contributed by atoms with Crippen molar-refractivity contribution in [3.8, 4) is 0 Å². The van der Waals surface area contributed by atoms with Crippen molar-refractivity contribution >= 4 is 22.6 Å². The maximum absolute atomic E-state index is 12.7. The SMILES string of the molecule is CCN(CC)C(=O)[C@@H]1CCCN1Cc1nc(N)c2ccccc2n1. The van der Waals surface area contributed by atoms with Crippen molar-refractivity contribution in [1.82, 2.24) is 19.8 Å². The summed E-state index contributed by atoms with van der Waals surface area (Å²) in [5.74, 6) is 1.40. The van der Waals surface area contributed by atoms with Crippen LogP contribution in [0.3, 0.4) is 0 Å². The molecule has 24 heavy (non-hydrogen) atoms. The second kappa shape index (κ2) is 7.13. The van der Waals surface area contributed by atoms with Crippen LogP contribution in [0.25, 0.3) is 10.9 Å². The Morgan fingerprint density at radius 2 is 2.04 bits per heavy atom. The van der Waals surface area contributed by atoms with Crippen molar-refractivity contribution in [2.24, 2.45) is 0 Å². The summed E-state index contributed by atoms with van der Waals surface area (Å²) >= 11 is 0. The first-order valence-corrected chi connectivity index (χ1v) is 8.68. The molecular formula is C18H25N5O. The van der Waals surface area contributed by atoms with Gasteiger partial charge in [-0.25, -0.2) is 9.97 Å². The van der Waals surface area contributed by atoms with Crippen molar-refractivity contribution in [3.05, 3.63) is 30.1 Å². The monoisotopic (exact) mass is 327 g/mol. The van der Waals surface area contributed by atoms with Crippen molar-refractivity contribution in [1.29, 1.82) is 0 Å². The highest BCUT2D eigenvalue weighted by molar-refractivity contribution is 5.87. The molecule has 128 valence electrons. The lowest BCUT2D eigenvalue weighted by atomic mass is 10.2. The Labute approximate surface area is 142 Å². The van der Waals surface area contributed by atoms with Crippen LogP contribution in [0.2, 0.25) is 0 Å². The molecular weight excluding hydrogens is 302 g/mol. The highest BCUT2D eigenvalue weighted by Gasteiger charge is 2.33. The van der Waals surface area contributed by atoms with E-state index in [4.69, 9.17) is 5.73 Å². The van der Waals surface area contributed by atoms with Crippen LogP contribution in [0.4, 0.5) is 5.82 Å². The fourth-order valence-electron chi connectivity index (χ4n) is 3.44. The van der Waals surface area contributed by atoms with E-state index >= 15 is 0 Å². The number of carbonyl (C=O) groups excluding carboxylic acids is 1. The molecule has 3 rings (SSSR count). The minimum atomic E-state index is -0.0683. The Kier molecular flexibility index (Phi) is 4.94. The van der Waals surface area contributed by atoms with E-state index in [1.807, 2.05) is 43.0 Å². The van der Waals surface area contributed by atoms with Gasteiger partial charge in [0.2, 0.25) is 5.91 Å². The molecule has 2 aromatic rings. The number of nitrogens with zero attached hydrogens (tertiary/aromatic N) is 4. The number of aromatic nitrogens is 2. The maximum Gasteiger partial charge on any atom is 0.239 e. The third-order valence-electron chi connectivity index (χ3n) is 4.75. The number of hydrogen-bond donors (Lipinski definition) is 1. The number of rotatable bonds is 5. The number of para-hydroxylation sites is 1. The summed E-state index contributed by atoms with van der Waals surface area (Å²) in [6.07, 6.45) is 1.93. The number of carbonyl (C=O) groups is 1. The molecule has 2 heterocycles. The second-order valence-corrected chi connectivity index (χ2v) is 6.18. The van der Waals surface area contributed by atoms with Gasteiger partial charge in [-0.3, -0.25) is 9.69 Å². The molecule has 0 aliphatic carbocycles. The zero-order valence-electron chi connectivity index (χ0n) is 14.4. The number of likely N-dealkylation sites (tertiary alicyclic amines) is 1. The maximum atomic E-state index is 12.7. The van der Waals surface area contributed by atoms with Gasteiger partial charge in [0, 0.05) is 18.5 Å². The highest BCUT2D eigenvalue weighted by atomic mass is 16.2. The number of hydrogen-bond acceptors (Lipinski definition) is 5. The van der Waals surface area contributed by atoms with E-state index in [1.165, 1.54) is 0 Å². The van der Waals surface area contributed by atoms with E-state index in [9.17, 15) is 4.79 Å². The zero-order valence-corrected chi connectivity index (χ0v) is 14.4. The lowest BCUT2D eigenvalue weighted by Crippen LogP contribution is -2.45. The number of likely N-dealkylation sites (N-methyl/N-ethyl adjacent to an activating group) is 1. The minimum Gasteiger partial charge on any atom is -0.383 e. The summed E-state index contributed by atoms with van der Waals surface area (Å²) in [5, 5.41) is 0.874. The van der Waals surface area contributed by atoms with Crippen LogP contribution >= 0.6 is 0 Å². The lowest BCUT2D eigenvalue weighted by Gasteiger charge is -2.28. The first kappa shape index (κ1) is 16.6. The predicted octanol–water partition coefficient (Wildman–Crippen LogP) is 2.04. The molecule has 0 saturated carbocycles. The van der Waals surface area contributed by atoms with Gasteiger partial charge >= 0.3 is 0 Å². The molecule has 0 radical (unpaired) electrons. The Balaban J connectivity index is 1.81. The average Bonchev–Trinajstić information content (AvgIpc) is 3.04. The molecule has 6 nitrogen and oxygen atoms in total. The Morgan fingerprint density at radius 1 is 1.29 bits per heavy atom. The minimum absolute atomic E-state index is 0.0683. The van der Waals surface area contributed by atoms with Crippen LogP contribution in [0, 0.1) is 0 Å². The third kappa shape index (κ3) is 3.19. The fourth-order valence-corrected chi connectivity index (χ4v) is 3.44. The molecule has 2 N–H and O–H groups in total. The van der Waals surface area contributed by atoms with E-state index in [2.05, 4.69) is 14.9 Å². The Hall–Kier alpha value is -2.21. The molecule has 1 atom stereocenters. The van der Waals surface area contributed by atoms with E-state index in [-0.39, 0.29) is 11.9 Å². The molecule has 1 aromatic heterocycles. The quantitative estimate of drug-likeness (QED) is 0.909. The van der Waals surface area contributed by atoms with Gasteiger partial charge in [-0.05, 0) is 45.4 Å². The Bertz CT molecular complexity index is 728. The van der Waals surface area contributed by atoms with Crippen LogP contribution in [0.1, 0.15) is 32.5 Å². The smallest absolute Gasteiger partial charge is 0.239 e. The molecule has 1 saturated heterocycles. The average molecular weight is 327 g/mol. The molecule has 1 fully saturated rings. The molecule has 0 spiro atoms. The molecule has 6 heteroatoms. The Morgan fingerprint density at radius 3 is 2.79 bits per heavy atom. The van der Waals surface area contributed by atoms with Crippen molar-refractivity contribution < 1.29 is 4.79 Å². The summed E-state index contributed by atoms with van der Waals surface area (Å²) < 4.78 is 0. The molecule has 1 aliphatic heterocycles. The number of nitrogen functional groups attached to an aromatic ring is 1. The van der Waals surface area contributed by atoms with Crippen LogP contribution in [-0.4, -0.2) is 51.4 Å². The van der Waals surface area contributed by atoms with Gasteiger partial charge in [-0.15, -0.1) is 0 Å². The van der Waals surface area contributed by atoms with Gasteiger partial charge in [0.15, 0.2) is 0 Å². The number of anilines is 1. The first-order chi connectivity index (χ1) is 11.6. The fraction of sp³-hybridized carbons (Fsp3) is 0.500. The number of nitrogens with two attached hydrogens (primary N) is 1. The normalized spacial score (nSPS) is 18.2. The third-order valence-corrected chi connectivity index (χ3v) is 4.75. The summed E-state index contributed by atoms with van der Waals surface area (Å²) in [6.45, 7) is 7.00. The van der Waals surface area contributed by atoms with Crippen LogP contribution in [-0.2, 0) is 11.3 Å². The summed E-state index contributed by atoms with van der Waals surface area (Å²) in [7, 11) is 0. The summed E-state index contributed by atoms with van der Waals surface area (Å²) in [6, 6.07) is 7.68. The molecule has 1 aliphatic rings. The lowest BCUT2D eigenvalue weighted by molar-refractivity contribution is -0.135. The van der Waals surface area contributed by atoms with Crippen LogP contribution in [0.15, 0.2) is 24.3 Å². The van der Waals surface area contributed by atoms with Gasteiger partial charge in [0.1, 0.15) is 11.6 Å².